The Hall–Kier alpha value is -2.35. The van der Waals surface area contributed by atoms with E-state index in [1.165, 1.54) is 0 Å². The summed E-state index contributed by atoms with van der Waals surface area (Å²) in [7, 11) is -14.5. The summed E-state index contributed by atoms with van der Waals surface area (Å²) in [6.07, 6.45) is 0. The fourth-order valence-electron chi connectivity index (χ4n) is 1.93. The Morgan fingerprint density at radius 1 is 0.720 bits per heavy atom. The first-order chi connectivity index (χ1) is 11.2. The Balaban J connectivity index is 0.00000151. The van der Waals surface area contributed by atoms with Gasteiger partial charge in [0.15, 0.2) is 0 Å². The highest BCUT2D eigenvalue weighted by atomic mass is 32.2. The minimum absolute atomic E-state index is 0.301. The minimum Gasteiger partial charge on any atom is -0.398 e. The Bertz CT molecular complexity index is 1180. The van der Waals surface area contributed by atoms with E-state index in [1.807, 2.05) is 0 Å². The zero-order valence-electron chi connectivity index (χ0n) is 11.8. The Labute approximate surface area is 141 Å². The summed E-state index contributed by atoms with van der Waals surface area (Å²) in [6, 6.07) is 2.78. The third kappa shape index (κ3) is 4.39. The summed E-state index contributed by atoms with van der Waals surface area (Å²) in [5.41, 5.74) is 4.90. The standard InChI is InChI=1S/C10H9NO9S3.N2/c11-8-4-7-5(2-10(8)23(18,19)20)1-6(21(12,13)14)3-9(7)22(15,16)17;1-2/h1-4H,11H2,(H,12,13,14)(H,15,16,17)(H,18,19,20);. The van der Waals surface area contributed by atoms with Crippen LogP contribution in [0.3, 0.4) is 0 Å². The molecule has 0 amide bonds. The lowest BCUT2D eigenvalue weighted by Crippen LogP contribution is -2.07. The molecule has 2 rings (SSSR count). The SMILES string of the molecule is N#N.Nc1cc2c(S(=O)(=O)O)cc(S(=O)(=O)O)cc2cc1S(=O)(=O)O. The van der Waals surface area contributed by atoms with Crippen LogP contribution in [0.25, 0.3) is 10.8 Å². The second-order valence-electron chi connectivity index (χ2n) is 4.46. The zero-order chi connectivity index (χ0) is 19.8. The number of fused-ring (bicyclic) bond motifs is 1. The number of benzene rings is 2. The van der Waals surface area contributed by atoms with Gasteiger partial charge >= 0.3 is 0 Å². The third-order valence-electron chi connectivity index (χ3n) is 2.87. The van der Waals surface area contributed by atoms with Crippen molar-refractivity contribution in [3.63, 3.8) is 0 Å². The summed E-state index contributed by atoms with van der Waals surface area (Å²) >= 11 is 0. The molecular weight excluding hydrogens is 402 g/mol. The topological polar surface area (TPSA) is 237 Å². The quantitative estimate of drug-likeness (QED) is 0.301. The van der Waals surface area contributed by atoms with Crippen LogP contribution in [0.5, 0.6) is 0 Å². The normalized spacial score (nSPS) is 12.4. The fraction of sp³-hybridized carbons (Fsp3) is 0. The van der Waals surface area contributed by atoms with Gasteiger partial charge in [0.25, 0.3) is 30.4 Å². The first kappa shape index (κ1) is 20.7. The van der Waals surface area contributed by atoms with E-state index in [0.717, 1.165) is 12.1 Å². The molecule has 0 unspecified atom stereocenters. The van der Waals surface area contributed by atoms with Gasteiger partial charge in [-0.2, -0.15) is 25.3 Å². The monoisotopic (exact) mass is 411 g/mol. The van der Waals surface area contributed by atoms with E-state index < -0.39 is 50.7 Å². The molecular formula is C10H9N3O9S3. The minimum atomic E-state index is -4.92. The van der Waals surface area contributed by atoms with E-state index >= 15 is 0 Å². The maximum Gasteiger partial charge on any atom is 0.296 e. The van der Waals surface area contributed by atoms with Crippen molar-refractivity contribution in [1.29, 1.82) is 10.8 Å². The summed E-state index contributed by atoms with van der Waals surface area (Å²) in [6.45, 7) is 0. The van der Waals surface area contributed by atoms with Crippen LogP contribution >= 0.6 is 0 Å². The molecule has 15 heteroatoms. The van der Waals surface area contributed by atoms with Crippen LogP contribution < -0.4 is 5.73 Å². The number of hydrogen-bond donors (Lipinski definition) is 4. The molecule has 0 saturated heterocycles. The van der Waals surface area contributed by atoms with E-state index in [-0.39, 0.29) is 10.8 Å². The number of nitrogens with two attached hydrogens (primary N) is 1. The van der Waals surface area contributed by atoms with Crippen molar-refractivity contribution < 1.29 is 38.9 Å². The summed E-state index contributed by atoms with van der Waals surface area (Å²) in [5.74, 6) is 0. The highest BCUT2D eigenvalue weighted by Gasteiger charge is 2.23. The lowest BCUT2D eigenvalue weighted by Gasteiger charge is -2.10. The van der Waals surface area contributed by atoms with Gasteiger partial charge in [0.2, 0.25) is 0 Å². The van der Waals surface area contributed by atoms with Crippen molar-refractivity contribution in [2.24, 2.45) is 0 Å². The summed E-state index contributed by atoms with van der Waals surface area (Å²) < 4.78 is 94.8. The highest BCUT2D eigenvalue weighted by molar-refractivity contribution is 7.87. The third-order valence-corrected chi connectivity index (χ3v) is 5.51. The average Bonchev–Trinajstić information content (AvgIpc) is 2.44. The Morgan fingerprint density at radius 3 is 1.60 bits per heavy atom. The fourth-order valence-corrected chi connectivity index (χ4v) is 3.91. The number of hydrogen-bond acceptors (Lipinski definition) is 9. The van der Waals surface area contributed by atoms with Crippen molar-refractivity contribution in [3.05, 3.63) is 24.3 Å². The second kappa shape index (κ2) is 6.51. The van der Waals surface area contributed by atoms with Gasteiger partial charge in [-0.15, -0.1) is 0 Å². The lowest BCUT2D eigenvalue weighted by atomic mass is 10.1. The first-order valence-corrected chi connectivity index (χ1v) is 10.0. The van der Waals surface area contributed by atoms with E-state index in [0.29, 0.717) is 12.1 Å². The van der Waals surface area contributed by atoms with Crippen LogP contribution in [0, 0.1) is 10.8 Å². The van der Waals surface area contributed by atoms with E-state index in [4.69, 9.17) is 25.6 Å². The summed E-state index contributed by atoms with van der Waals surface area (Å²) in [5, 5.41) is 11.4. The first-order valence-electron chi connectivity index (χ1n) is 5.71. The molecule has 0 atom stereocenters. The number of anilines is 1. The maximum absolute atomic E-state index is 11.4. The van der Waals surface area contributed by atoms with Crippen LogP contribution in [0.4, 0.5) is 5.69 Å². The second-order valence-corrected chi connectivity index (χ2v) is 8.66. The highest BCUT2D eigenvalue weighted by Crippen LogP contribution is 2.32. The zero-order valence-corrected chi connectivity index (χ0v) is 14.2. The van der Waals surface area contributed by atoms with Gasteiger partial charge in [-0.05, 0) is 29.7 Å². The van der Waals surface area contributed by atoms with Crippen LogP contribution in [-0.2, 0) is 30.4 Å². The van der Waals surface area contributed by atoms with Crippen LogP contribution in [-0.4, -0.2) is 38.9 Å². The van der Waals surface area contributed by atoms with Crippen molar-refractivity contribution in [1.82, 2.24) is 0 Å². The molecule has 0 saturated carbocycles. The molecule has 0 heterocycles. The summed E-state index contributed by atoms with van der Waals surface area (Å²) in [4.78, 5) is -2.60. The van der Waals surface area contributed by atoms with E-state index in [2.05, 4.69) is 0 Å². The maximum atomic E-state index is 11.4. The van der Waals surface area contributed by atoms with Gasteiger partial charge in [-0.25, -0.2) is 0 Å². The largest absolute Gasteiger partial charge is 0.398 e. The number of rotatable bonds is 3. The molecule has 0 aliphatic rings. The smallest absolute Gasteiger partial charge is 0.296 e. The Morgan fingerprint density at radius 2 is 1.20 bits per heavy atom. The molecule has 2 aromatic carbocycles. The van der Waals surface area contributed by atoms with Crippen LogP contribution in [0.2, 0.25) is 0 Å². The van der Waals surface area contributed by atoms with E-state index in [9.17, 15) is 29.8 Å². The number of nitrogens with zero attached hydrogens (tertiary/aromatic N) is 2. The van der Waals surface area contributed by atoms with Gasteiger partial charge in [-0.3, -0.25) is 13.7 Å². The molecule has 136 valence electrons. The molecule has 0 aromatic heterocycles. The molecule has 12 nitrogen and oxygen atoms in total. The lowest BCUT2D eigenvalue weighted by molar-refractivity contribution is 0.480. The average molecular weight is 411 g/mol. The molecule has 5 N–H and O–H groups in total. The molecule has 25 heavy (non-hydrogen) atoms. The van der Waals surface area contributed by atoms with Crippen LogP contribution in [0.15, 0.2) is 39.0 Å². The number of nitrogen functional groups attached to an aromatic ring is 1. The predicted molar refractivity (Wildman–Crippen MR) is 81.3 cm³/mol. The Kier molecular flexibility index (Phi) is 5.39. The van der Waals surface area contributed by atoms with Crippen molar-refractivity contribution in [2.45, 2.75) is 14.7 Å². The van der Waals surface area contributed by atoms with E-state index in [1.54, 1.807) is 0 Å². The van der Waals surface area contributed by atoms with Crippen molar-refractivity contribution >= 4 is 46.8 Å². The van der Waals surface area contributed by atoms with Crippen molar-refractivity contribution in [2.75, 3.05) is 5.73 Å². The van der Waals surface area contributed by atoms with Crippen LogP contribution in [0.1, 0.15) is 0 Å². The van der Waals surface area contributed by atoms with Gasteiger partial charge < -0.3 is 5.73 Å². The molecule has 2 aromatic rings. The molecule has 0 fully saturated rings. The predicted octanol–water partition coefficient (Wildman–Crippen LogP) is 0.192. The van der Waals surface area contributed by atoms with Gasteiger partial charge in [0, 0.05) is 16.2 Å². The molecule has 0 radical (unpaired) electrons. The van der Waals surface area contributed by atoms with Gasteiger partial charge in [0.05, 0.1) is 10.6 Å². The molecule has 0 aliphatic carbocycles. The van der Waals surface area contributed by atoms with Crippen molar-refractivity contribution in [3.8, 4) is 0 Å². The van der Waals surface area contributed by atoms with Gasteiger partial charge in [-0.1, -0.05) is 0 Å². The molecule has 0 aliphatic heterocycles. The van der Waals surface area contributed by atoms with Gasteiger partial charge in [0.1, 0.15) is 9.79 Å². The molecule has 0 bridgehead atoms. The molecule has 0 spiro atoms.